The SMILES string of the molecule is COc1ccccc1C(C)(C)C(=O)N1CCNC(C)C1. The molecule has 0 saturated carbocycles. The molecule has 4 nitrogen and oxygen atoms in total. The molecule has 110 valence electrons. The summed E-state index contributed by atoms with van der Waals surface area (Å²) in [6.07, 6.45) is 0. The number of para-hydroxylation sites is 1. The molecule has 20 heavy (non-hydrogen) atoms. The van der Waals surface area contributed by atoms with Gasteiger partial charge in [0.2, 0.25) is 5.91 Å². The van der Waals surface area contributed by atoms with Gasteiger partial charge in [0, 0.05) is 31.2 Å². The number of benzene rings is 1. The van der Waals surface area contributed by atoms with Crippen LogP contribution in [0.4, 0.5) is 0 Å². The fourth-order valence-corrected chi connectivity index (χ4v) is 2.79. The second-order valence-electron chi connectivity index (χ2n) is 5.93. The van der Waals surface area contributed by atoms with Gasteiger partial charge < -0.3 is 15.0 Å². The molecular weight excluding hydrogens is 252 g/mol. The van der Waals surface area contributed by atoms with Crippen molar-refractivity contribution in [2.24, 2.45) is 0 Å². The zero-order chi connectivity index (χ0) is 14.8. The van der Waals surface area contributed by atoms with E-state index in [0.717, 1.165) is 30.9 Å². The van der Waals surface area contributed by atoms with Crippen molar-refractivity contribution in [3.8, 4) is 5.75 Å². The van der Waals surface area contributed by atoms with Crippen molar-refractivity contribution < 1.29 is 9.53 Å². The number of methoxy groups -OCH3 is 1. The zero-order valence-electron chi connectivity index (χ0n) is 12.8. The molecular formula is C16H24N2O2. The molecule has 0 aromatic heterocycles. The van der Waals surface area contributed by atoms with Gasteiger partial charge in [-0.25, -0.2) is 0 Å². The van der Waals surface area contributed by atoms with E-state index >= 15 is 0 Å². The molecule has 0 radical (unpaired) electrons. The number of hydrogen-bond donors (Lipinski definition) is 1. The van der Waals surface area contributed by atoms with Gasteiger partial charge in [-0.3, -0.25) is 4.79 Å². The Bertz CT molecular complexity index is 485. The number of hydrogen-bond acceptors (Lipinski definition) is 3. The second kappa shape index (κ2) is 5.83. The number of piperazine rings is 1. The van der Waals surface area contributed by atoms with Crippen molar-refractivity contribution in [1.29, 1.82) is 0 Å². The smallest absolute Gasteiger partial charge is 0.232 e. The number of rotatable bonds is 3. The van der Waals surface area contributed by atoms with E-state index in [1.54, 1.807) is 7.11 Å². The maximum atomic E-state index is 12.9. The Labute approximate surface area is 121 Å². The minimum absolute atomic E-state index is 0.162. The lowest BCUT2D eigenvalue weighted by Gasteiger charge is -2.37. The molecule has 1 atom stereocenters. The molecule has 0 aliphatic carbocycles. The van der Waals surface area contributed by atoms with Crippen LogP contribution in [0.3, 0.4) is 0 Å². The predicted octanol–water partition coefficient (Wildman–Crippen LogP) is 1.79. The maximum Gasteiger partial charge on any atom is 0.232 e. The van der Waals surface area contributed by atoms with E-state index < -0.39 is 5.41 Å². The van der Waals surface area contributed by atoms with E-state index in [1.807, 2.05) is 43.0 Å². The minimum atomic E-state index is -0.580. The fourth-order valence-electron chi connectivity index (χ4n) is 2.79. The van der Waals surface area contributed by atoms with Gasteiger partial charge >= 0.3 is 0 Å². The molecule has 1 saturated heterocycles. The predicted molar refractivity (Wildman–Crippen MR) is 80.1 cm³/mol. The van der Waals surface area contributed by atoms with Crippen LogP contribution in [0.2, 0.25) is 0 Å². The summed E-state index contributed by atoms with van der Waals surface area (Å²) < 4.78 is 5.41. The first-order valence-electron chi connectivity index (χ1n) is 7.13. The Hall–Kier alpha value is -1.55. The number of nitrogens with zero attached hydrogens (tertiary/aromatic N) is 1. The summed E-state index contributed by atoms with van der Waals surface area (Å²) in [6, 6.07) is 8.11. The molecule has 1 aliphatic rings. The van der Waals surface area contributed by atoms with E-state index in [-0.39, 0.29) is 5.91 Å². The topological polar surface area (TPSA) is 41.6 Å². The quantitative estimate of drug-likeness (QED) is 0.915. The lowest BCUT2D eigenvalue weighted by molar-refractivity contribution is -0.137. The molecule has 1 aromatic carbocycles. The molecule has 2 rings (SSSR count). The van der Waals surface area contributed by atoms with Crippen LogP contribution >= 0.6 is 0 Å². The summed E-state index contributed by atoms with van der Waals surface area (Å²) >= 11 is 0. The highest BCUT2D eigenvalue weighted by molar-refractivity contribution is 5.88. The van der Waals surface area contributed by atoms with Gasteiger partial charge in [0.15, 0.2) is 0 Å². The van der Waals surface area contributed by atoms with Gasteiger partial charge in [0.05, 0.1) is 12.5 Å². The van der Waals surface area contributed by atoms with Crippen molar-refractivity contribution in [2.75, 3.05) is 26.7 Å². The zero-order valence-corrected chi connectivity index (χ0v) is 12.8. The molecule has 4 heteroatoms. The van der Waals surface area contributed by atoms with Crippen LogP contribution < -0.4 is 10.1 Å². The third-order valence-corrected chi connectivity index (χ3v) is 3.97. The largest absolute Gasteiger partial charge is 0.496 e. The van der Waals surface area contributed by atoms with Crippen molar-refractivity contribution >= 4 is 5.91 Å². The van der Waals surface area contributed by atoms with Crippen LogP contribution in [0, 0.1) is 0 Å². The fraction of sp³-hybridized carbons (Fsp3) is 0.562. The van der Waals surface area contributed by atoms with Crippen molar-refractivity contribution in [1.82, 2.24) is 10.2 Å². The van der Waals surface area contributed by atoms with Gasteiger partial charge in [-0.15, -0.1) is 0 Å². The van der Waals surface area contributed by atoms with Gasteiger partial charge in [-0.1, -0.05) is 18.2 Å². The Morgan fingerprint density at radius 3 is 2.75 bits per heavy atom. The number of nitrogens with one attached hydrogen (secondary N) is 1. The van der Waals surface area contributed by atoms with Crippen molar-refractivity contribution in [3.05, 3.63) is 29.8 Å². The first kappa shape index (κ1) is 14.9. The Morgan fingerprint density at radius 2 is 2.10 bits per heavy atom. The number of carbonyl (C=O) groups excluding carboxylic acids is 1. The standard InChI is InChI=1S/C16H24N2O2/c1-12-11-18(10-9-17-12)15(19)16(2,3)13-7-5-6-8-14(13)20-4/h5-8,12,17H,9-11H2,1-4H3. The van der Waals surface area contributed by atoms with Crippen LogP contribution in [0.5, 0.6) is 5.75 Å². The molecule has 1 aromatic rings. The molecule has 1 amide bonds. The molecule has 1 heterocycles. The average molecular weight is 276 g/mol. The number of carbonyl (C=O) groups is 1. The van der Waals surface area contributed by atoms with E-state index in [9.17, 15) is 4.79 Å². The van der Waals surface area contributed by atoms with E-state index in [4.69, 9.17) is 4.74 Å². The van der Waals surface area contributed by atoms with Gasteiger partial charge in [-0.05, 0) is 26.8 Å². The number of amides is 1. The normalized spacial score (nSPS) is 19.8. The van der Waals surface area contributed by atoms with E-state index in [2.05, 4.69) is 12.2 Å². The van der Waals surface area contributed by atoms with Crippen LogP contribution in [-0.2, 0) is 10.2 Å². The molecule has 0 spiro atoms. The molecule has 1 N–H and O–H groups in total. The van der Waals surface area contributed by atoms with Gasteiger partial charge in [-0.2, -0.15) is 0 Å². The third-order valence-electron chi connectivity index (χ3n) is 3.97. The highest BCUT2D eigenvalue weighted by Gasteiger charge is 2.37. The highest BCUT2D eigenvalue weighted by atomic mass is 16.5. The second-order valence-corrected chi connectivity index (χ2v) is 5.93. The first-order valence-corrected chi connectivity index (χ1v) is 7.13. The first-order chi connectivity index (χ1) is 9.46. The van der Waals surface area contributed by atoms with Crippen LogP contribution in [-0.4, -0.2) is 43.6 Å². The average Bonchev–Trinajstić information content (AvgIpc) is 2.46. The van der Waals surface area contributed by atoms with Crippen LogP contribution in [0.25, 0.3) is 0 Å². The Morgan fingerprint density at radius 1 is 1.40 bits per heavy atom. The van der Waals surface area contributed by atoms with Crippen LogP contribution in [0.15, 0.2) is 24.3 Å². The third kappa shape index (κ3) is 2.80. The maximum absolute atomic E-state index is 12.9. The summed E-state index contributed by atoms with van der Waals surface area (Å²) in [4.78, 5) is 14.8. The summed E-state index contributed by atoms with van der Waals surface area (Å²) in [5, 5.41) is 3.36. The van der Waals surface area contributed by atoms with Crippen molar-refractivity contribution in [2.45, 2.75) is 32.2 Å². The lowest BCUT2D eigenvalue weighted by Crippen LogP contribution is -2.55. The van der Waals surface area contributed by atoms with E-state index in [0.29, 0.717) is 6.04 Å². The summed E-state index contributed by atoms with van der Waals surface area (Å²) in [5.74, 6) is 0.935. The summed E-state index contributed by atoms with van der Waals surface area (Å²) in [7, 11) is 1.65. The molecule has 1 unspecified atom stereocenters. The monoisotopic (exact) mass is 276 g/mol. The minimum Gasteiger partial charge on any atom is -0.496 e. The number of ether oxygens (including phenoxy) is 1. The van der Waals surface area contributed by atoms with E-state index in [1.165, 1.54) is 0 Å². The summed E-state index contributed by atoms with van der Waals surface area (Å²) in [6.45, 7) is 8.43. The van der Waals surface area contributed by atoms with Gasteiger partial charge in [0.1, 0.15) is 5.75 Å². The van der Waals surface area contributed by atoms with Crippen LogP contribution in [0.1, 0.15) is 26.3 Å². The molecule has 1 fully saturated rings. The lowest BCUT2D eigenvalue weighted by atomic mass is 9.82. The Kier molecular flexibility index (Phi) is 4.33. The molecule has 1 aliphatic heterocycles. The van der Waals surface area contributed by atoms with Crippen molar-refractivity contribution in [3.63, 3.8) is 0 Å². The highest BCUT2D eigenvalue weighted by Crippen LogP contribution is 2.33. The summed E-state index contributed by atoms with van der Waals surface area (Å²) in [5.41, 5.74) is 0.364. The Balaban J connectivity index is 2.26. The van der Waals surface area contributed by atoms with Gasteiger partial charge in [0.25, 0.3) is 0 Å². The molecule has 0 bridgehead atoms.